The Balaban J connectivity index is 1.56. The number of nitrogens with zero attached hydrogens (tertiary/aromatic N) is 6. The normalized spacial score (nSPS) is 15.7. The Bertz CT molecular complexity index is 847. The molecule has 0 amide bonds. The second-order valence-corrected chi connectivity index (χ2v) is 6.91. The van der Waals surface area contributed by atoms with E-state index < -0.39 is 0 Å². The maximum atomic E-state index is 11.9. The summed E-state index contributed by atoms with van der Waals surface area (Å²) in [4.78, 5) is 25.8. The predicted molar refractivity (Wildman–Crippen MR) is 88.4 cm³/mol. The lowest BCUT2D eigenvalue weighted by atomic mass is 10.3. The summed E-state index contributed by atoms with van der Waals surface area (Å²) in [5, 5.41) is 8.34. The fourth-order valence-corrected chi connectivity index (χ4v) is 4.20. The second-order valence-electron chi connectivity index (χ2n) is 5.10. The van der Waals surface area contributed by atoms with Crippen LogP contribution in [0.25, 0.3) is 4.96 Å². The molecule has 1 saturated heterocycles. The monoisotopic (exact) mass is 334 g/mol. The highest BCUT2D eigenvalue weighted by molar-refractivity contribution is 7.20. The zero-order valence-electron chi connectivity index (χ0n) is 12.0. The lowest BCUT2D eigenvalue weighted by molar-refractivity contribution is 0.646. The van der Waals surface area contributed by atoms with Crippen LogP contribution in [0.1, 0.15) is 5.69 Å². The third-order valence-corrected chi connectivity index (χ3v) is 5.40. The van der Waals surface area contributed by atoms with Crippen molar-refractivity contribution in [2.24, 2.45) is 0 Å². The molecule has 0 radical (unpaired) electrons. The second kappa shape index (κ2) is 5.33. The van der Waals surface area contributed by atoms with E-state index in [2.05, 4.69) is 24.9 Å². The summed E-state index contributed by atoms with van der Waals surface area (Å²) in [5.74, 6) is 0. The lowest BCUT2D eigenvalue weighted by Gasteiger charge is -2.34. The van der Waals surface area contributed by atoms with E-state index in [1.54, 1.807) is 11.3 Å². The number of anilines is 2. The summed E-state index contributed by atoms with van der Waals surface area (Å²) < 4.78 is 1.39. The maximum Gasteiger partial charge on any atom is 0.275 e. The van der Waals surface area contributed by atoms with E-state index in [0.717, 1.165) is 42.1 Å². The first-order chi connectivity index (χ1) is 10.7. The Morgan fingerprint density at radius 2 is 1.86 bits per heavy atom. The van der Waals surface area contributed by atoms with Crippen LogP contribution in [-0.4, -0.2) is 45.8 Å². The van der Waals surface area contributed by atoms with Gasteiger partial charge in [0.05, 0.1) is 0 Å². The summed E-state index contributed by atoms with van der Waals surface area (Å²) in [6.45, 7) is 5.38. The number of aryl methyl sites for hydroxylation is 1. The van der Waals surface area contributed by atoms with E-state index in [-0.39, 0.29) is 5.56 Å². The van der Waals surface area contributed by atoms with Gasteiger partial charge in [0.15, 0.2) is 5.13 Å². The van der Waals surface area contributed by atoms with Crippen LogP contribution >= 0.6 is 22.7 Å². The largest absolute Gasteiger partial charge is 0.345 e. The van der Waals surface area contributed by atoms with Crippen molar-refractivity contribution in [3.05, 3.63) is 33.7 Å². The lowest BCUT2D eigenvalue weighted by Crippen LogP contribution is -2.46. The van der Waals surface area contributed by atoms with Gasteiger partial charge in [-0.2, -0.15) is 4.52 Å². The molecule has 4 rings (SSSR count). The van der Waals surface area contributed by atoms with Gasteiger partial charge in [-0.05, 0) is 6.92 Å². The highest BCUT2D eigenvalue weighted by atomic mass is 32.1. The van der Waals surface area contributed by atoms with Gasteiger partial charge in [-0.1, -0.05) is 11.3 Å². The fourth-order valence-electron chi connectivity index (χ4n) is 2.50. The number of thiazole rings is 1. The quantitative estimate of drug-likeness (QED) is 0.702. The molecule has 3 aromatic rings. The molecular formula is C13H14N6OS2. The fraction of sp³-hybridized carbons (Fsp3) is 0.385. The van der Waals surface area contributed by atoms with E-state index in [9.17, 15) is 4.79 Å². The Morgan fingerprint density at radius 3 is 2.55 bits per heavy atom. The molecule has 1 aliphatic rings. The predicted octanol–water partition coefficient (Wildman–Crippen LogP) is 1.24. The SMILES string of the molecule is Cc1cc(=O)n2nc(N3CCN(c4nccs4)CC3)sc2n1. The molecule has 0 N–H and O–H groups in total. The third-order valence-electron chi connectivity index (χ3n) is 3.60. The summed E-state index contributed by atoms with van der Waals surface area (Å²) in [6, 6.07) is 1.51. The van der Waals surface area contributed by atoms with Gasteiger partial charge in [-0.3, -0.25) is 4.79 Å². The van der Waals surface area contributed by atoms with E-state index in [4.69, 9.17) is 0 Å². The van der Waals surface area contributed by atoms with Gasteiger partial charge in [-0.15, -0.1) is 16.4 Å². The van der Waals surface area contributed by atoms with Crippen LogP contribution in [0.3, 0.4) is 0 Å². The Morgan fingerprint density at radius 1 is 1.14 bits per heavy atom. The third kappa shape index (κ3) is 2.35. The van der Waals surface area contributed by atoms with Crippen LogP contribution in [0.5, 0.6) is 0 Å². The summed E-state index contributed by atoms with van der Waals surface area (Å²) >= 11 is 3.13. The molecule has 3 aromatic heterocycles. The number of aromatic nitrogens is 4. The molecule has 0 saturated carbocycles. The van der Waals surface area contributed by atoms with Crippen LogP contribution in [0, 0.1) is 6.92 Å². The van der Waals surface area contributed by atoms with Gasteiger partial charge in [0.2, 0.25) is 10.1 Å². The smallest absolute Gasteiger partial charge is 0.275 e. The van der Waals surface area contributed by atoms with Crippen LogP contribution in [0.2, 0.25) is 0 Å². The van der Waals surface area contributed by atoms with Crippen molar-refractivity contribution >= 4 is 37.9 Å². The molecule has 0 aromatic carbocycles. The molecule has 0 atom stereocenters. The van der Waals surface area contributed by atoms with Gasteiger partial charge >= 0.3 is 0 Å². The van der Waals surface area contributed by atoms with Crippen LogP contribution in [-0.2, 0) is 0 Å². The molecule has 0 spiro atoms. The summed E-state index contributed by atoms with van der Waals surface area (Å²) in [6.07, 6.45) is 1.83. The highest BCUT2D eigenvalue weighted by Crippen LogP contribution is 2.25. The molecule has 9 heteroatoms. The summed E-state index contributed by atoms with van der Waals surface area (Å²) in [7, 11) is 0. The average molecular weight is 334 g/mol. The van der Waals surface area contributed by atoms with Gasteiger partial charge < -0.3 is 9.80 Å². The van der Waals surface area contributed by atoms with Crippen molar-refractivity contribution < 1.29 is 0 Å². The van der Waals surface area contributed by atoms with Gasteiger partial charge in [-0.25, -0.2) is 9.97 Å². The van der Waals surface area contributed by atoms with E-state index in [1.807, 2.05) is 18.5 Å². The van der Waals surface area contributed by atoms with Gasteiger partial charge in [0, 0.05) is 49.5 Å². The zero-order valence-corrected chi connectivity index (χ0v) is 13.6. The molecule has 114 valence electrons. The first-order valence-electron chi connectivity index (χ1n) is 6.97. The van der Waals surface area contributed by atoms with E-state index in [0.29, 0.717) is 4.96 Å². The van der Waals surface area contributed by atoms with Crippen molar-refractivity contribution in [1.29, 1.82) is 0 Å². The topological polar surface area (TPSA) is 66.6 Å². The van der Waals surface area contributed by atoms with Gasteiger partial charge in [0.25, 0.3) is 5.56 Å². The molecule has 0 unspecified atom stereocenters. The first kappa shape index (κ1) is 13.6. The number of piperazine rings is 1. The van der Waals surface area contributed by atoms with Crippen LogP contribution < -0.4 is 15.4 Å². The average Bonchev–Trinajstić information content (AvgIpc) is 3.16. The van der Waals surface area contributed by atoms with Crippen molar-refractivity contribution in [2.45, 2.75) is 6.92 Å². The van der Waals surface area contributed by atoms with Gasteiger partial charge in [0.1, 0.15) is 0 Å². The summed E-state index contributed by atoms with van der Waals surface area (Å²) in [5.41, 5.74) is 0.611. The van der Waals surface area contributed by atoms with Crippen molar-refractivity contribution in [3.8, 4) is 0 Å². The van der Waals surface area contributed by atoms with Crippen LogP contribution in [0.4, 0.5) is 10.3 Å². The molecule has 0 aliphatic carbocycles. The number of rotatable bonds is 2. The van der Waals surface area contributed by atoms with E-state index in [1.165, 1.54) is 21.9 Å². The van der Waals surface area contributed by atoms with Crippen molar-refractivity contribution in [3.63, 3.8) is 0 Å². The van der Waals surface area contributed by atoms with Crippen LogP contribution in [0.15, 0.2) is 22.4 Å². The Hall–Kier alpha value is -2.00. The minimum absolute atomic E-state index is 0.119. The minimum Gasteiger partial charge on any atom is -0.345 e. The minimum atomic E-state index is -0.119. The molecule has 4 heterocycles. The molecule has 7 nitrogen and oxygen atoms in total. The molecule has 1 aliphatic heterocycles. The molecule has 22 heavy (non-hydrogen) atoms. The number of hydrogen-bond acceptors (Lipinski definition) is 8. The van der Waals surface area contributed by atoms with Crippen molar-refractivity contribution in [2.75, 3.05) is 36.0 Å². The molecule has 0 bridgehead atoms. The maximum absolute atomic E-state index is 11.9. The zero-order chi connectivity index (χ0) is 15.1. The number of fused-ring (bicyclic) bond motifs is 1. The molecule has 1 fully saturated rings. The first-order valence-corrected chi connectivity index (χ1v) is 8.67. The highest BCUT2D eigenvalue weighted by Gasteiger charge is 2.21. The van der Waals surface area contributed by atoms with E-state index >= 15 is 0 Å². The Labute approximate surface area is 134 Å². The standard InChI is InChI=1S/C13H14N6OS2/c1-9-8-10(20)19-12(15-9)22-13(16-19)18-5-3-17(4-6-18)11-14-2-7-21-11/h2,7-8H,3-6H2,1H3. The molecular weight excluding hydrogens is 320 g/mol. The number of hydrogen-bond donors (Lipinski definition) is 0. The Kier molecular flexibility index (Phi) is 3.30. The van der Waals surface area contributed by atoms with Crippen molar-refractivity contribution in [1.82, 2.24) is 19.6 Å².